The molecule has 2 rings (SSSR count). The van der Waals surface area contributed by atoms with Gasteiger partial charge in [-0.05, 0) is 30.3 Å². The van der Waals surface area contributed by atoms with Crippen LogP contribution in [0.4, 0.5) is 17.1 Å². The predicted molar refractivity (Wildman–Crippen MR) is 81.4 cm³/mol. The molecular weight excluding hydrogens is 284 g/mol. The van der Waals surface area contributed by atoms with E-state index in [-0.39, 0.29) is 18.1 Å². The van der Waals surface area contributed by atoms with Crippen LogP contribution < -0.4 is 10.6 Å². The van der Waals surface area contributed by atoms with Crippen molar-refractivity contribution in [1.29, 1.82) is 5.26 Å². The number of non-ortho nitro benzene ring substituents is 1. The second-order valence-electron chi connectivity index (χ2n) is 4.40. The third kappa shape index (κ3) is 4.05. The minimum atomic E-state index is -0.498. The highest BCUT2D eigenvalue weighted by Crippen LogP contribution is 2.16. The number of anilines is 2. The average Bonchev–Trinajstić information content (AvgIpc) is 2.54. The van der Waals surface area contributed by atoms with E-state index in [0.29, 0.717) is 16.9 Å². The molecule has 0 unspecified atom stereocenters. The minimum absolute atomic E-state index is 0.0266. The molecule has 0 heterocycles. The van der Waals surface area contributed by atoms with E-state index in [2.05, 4.69) is 10.6 Å². The average molecular weight is 296 g/mol. The Morgan fingerprint density at radius 2 is 1.91 bits per heavy atom. The number of nitriles is 1. The van der Waals surface area contributed by atoms with Gasteiger partial charge in [0.25, 0.3) is 5.69 Å². The smallest absolute Gasteiger partial charge is 0.271 e. The molecule has 2 N–H and O–H groups in total. The lowest BCUT2D eigenvalue weighted by molar-refractivity contribution is -0.384. The van der Waals surface area contributed by atoms with Crippen LogP contribution in [0.2, 0.25) is 0 Å². The summed E-state index contributed by atoms with van der Waals surface area (Å²) in [6.45, 7) is -0.0266. The summed E-state index contributed by atoms with van der Waals surface area (Å²) < 4.78 is 0. The van der Waals surface area contributed by atoms with Crippen LogP contribution in [0.5, 0.6) is 0 Å². The van der Waals surface area contributed by atoms with Gasteiger partial charge in [0.2, 0.25) is 5.91 Å². The van der Waals surface area contributed by atoms with Gasteiger partial charge in [-0.15, -0.1) is 0 Å². The molecule has 0 aliphatic heterocycles. The van der Waals surface area contributed by atoms with Crippen LogP contribution in [0.1, 0.15) is 5.56 Å². The molecule has 0 aliphatic carbocycles. The molecule has 7 heteroatoms. The fourth-order valence-corrected chi connectivity index (χ4v) is 1.75. The fourth-order valence-electron chi connectivity index (χ4n) is 1.75. The molecule has 0 spiro atoms. The molecule has 0 radical (unpaired) electrons. The number of hydrogen-bond donors (Lipinski definition) is 2. The summed E-state index contributed by atoms with van der Waals surface area (Å²) in [5.74, 6) is -0.295. The molecule has 0 aliphatic rings. The number of amides is 1. The summed E-state index contributed by atoms with van der Waals surface area (Å²) in [6.07, 6.45) is 0. The SMILES string of the molecule is N#Cc1ccc(NC(=O)CNc2cccc([N+](=O)[O-])c2)cc1. The Morgan fingerprint density at radius 3 is 2.55 bits per heavy atom. The highest BCUT2D eigenvalue weighted by molar-refractivity contribution is 5.93. The van der Waals surface area contributed by atoms with Crippen molar-refractivity contribution in [2.45, 2.75) is 0 Å². The van der Waals surface area contributed by atoms with Gasteiger partial charge in [-0.1, -0.05) is 6.07 Å². The molecule has 0 bridgehead atoms. The first-order valence-electron chi connectivity index (χ1n) is 6.37. The highest BCUT2D eigenvalue weighted by atomic mass is 16.6. The number of carbonyl (C=O) groups excluding carboxylic acids is 1. The Labute approximate surface area is 126 Å². The highest BCUT2D eigenvalue weighted by Gasteiger charge is 2.07. The molecule has 110 valence electrons. The summed E-state index contributed by atoms with van der Waals surface area (Å²) in [5, 5.41) is 24.8. The van der Waals surface area contributed by atoms with Crippen molar-refractivity contribution in [2.24, 2.45) is 0 Å². The predicted octanol–water partition coefficient (Wildman–Crippen LogP) is 2.52. The first-order chi connectivity index (χ1) is 10.6. The zero-order valence-electron chi connectivity index (χ0n) is 11.4. The summed E-state index contributed by atoms with van der Waals surface area (Å²) >= 11 is 0. The number of nitrogens with zero attached hydrogens (tertiary/aromatic N) is 2. The Hall–Kier alpha value is -3.40. The summed E-state index contributed by atoms with van der Waals surface area (Å²) in [6, 6.07) is 14.4. The number of rotatable bonds is 5. The Balaban J connectivity index is 1.91. The number of nitro groups is 1. The first-order valence-corrected chi connectivity index (χ1v) is 6.37. The Morgan fingerprint density at radius 1 is 1.18 bits per heavy atom. The maximum atomic E-state index is 11.8. The zero-order valence-corrected chi connectivity index (χ0v) is 11.4. The van der Waals surface area contributed by atoms with Gasteiger partial charge in [-0.3, -0.25) is 14.9 Å². The number of nitrogens with one attached hydrogen (secondary N) is 2. The van der Waals surface area contributed by atoms with E-state index in [4.69, 9.17) is 5.26 Å². The van der Waals surface area contributed by atoms with Crippen LogP contribution in [-0.4, -0.2) is 17.4 Å². The molecule has 7 nitrogen and oxygen atoms in total. The van der Waals surface area contributed by atoms with Gasteiger partial charge < -0.3 is 10.6 Å². The zero-order chi connectivity index (χ0) is 15.9. The normalized spacial score (nSPS) is 9.59. The molecular formula is C15H12N4O3. The third-order valence-corrected chi connectivity index (χ3v) is 2.81. The second-order valence-corrected chi connectivity index (χ2v) is 4.40. The molecule has 2 aromatic rings. The molecule has 0 saturated heterocycles. The van der Waals surface area contributed by atoms with Gasteiger partial charge in [0, 0.05) is 23.5 Å². The maximum absolute atomic E-state index is 11.8. The Kier molecular flexibility index (Phi) is 4.67. The van der Waals surface area contributed by atoms with E-state index >= 15 is 0 Å². The fraction of sp³-hybridized carbons (Fsp3) is 0.0667. The summed E-state index contributed by atoms with van der Waals surface area (Å²) in [7, 11) is 0. The first kappa shape index (κ1) is 15.0. The van der Waals surface area contributed by atoms with Crippen LogP contribution in [0.3, 0.4) is 0 Å². The van der Waals surface area contributed by atoms with Crippen molar-refractivity contribution in [3.05, 3.63) is 64.2 Å². The number of hydrogen-bond acceptors (Lipinski definition) is 5. The van der Waals surface area contributed by atoms with Crippen molar-refractivity contribution in [3.8, 4) is 6.07 Å². The molecule has 0 saturated carbocycles. The van der Waals surface area contributed by atoms with Crippen molar-refractivity contribution in [2.75, 3.05) is 17.2 Å². The van der Waals surface area contributed by atoms with E-state index in [1.54, 1.807) is 36.4 Å². The third-order valence-electron chi connectivity index (χ3n) is 2.81. The quantitative estimate of drug-likeness (QED) is 0.651. The minimum Gasteiger partial charge on any atom is -0.376 e. The van der Waals surface area contributed by atoms with Crippen LogP contribution in [0.15, 0.2) is 48.5 Å². The number of carbonyl (C=O) groups is 1. The maximum Gasteiger partial charge on any atom is 0.271 e. The Bertz CT molecular complexity index is 735. The second kappa shape index (κ2) is 6.85. The van der Waals surface area contributed by atoms with Gasteiger partial charge in [-0.2, -0.15) is 5.26 Å². The van der Waals surface area contributed by atoms with Crippen LogP contribution in [0.25, 0.3) is 0 Å². The van der Waals surface area contributed by atoms with Crippen LogP contribution in [0, 0.1) is 21.4 Å². The van der Waals surface area contributed by atoms with Crippen molar-refractivity contribution >= 4 is 23.0 Å². The number of nitro benzene ring substituents is 1. The molecule has 22 heavy (non-hydrogen) atoms. The van der Waals surface area contributed by atoms with Crippen LogP contribution in [-0.2, 0) is 4.79 Å². The summed E-state index contributed by atoms with van der Waals surface area (Å²) in [4.78, 5) is 21.9. The van der Waals surface area contributed by atoms with Gasteiger partial charge in [0.1, 0.15) is 0 Å². The number of benzene rings is 2. The lowest BCUT2D eigenvalue weighted by atomic mass is 10.2. The van der Waals surface area contributed by atoms with E-state index in [1.807, 2.05) is 6.07 Å². The van der Waals surface area contributed by atoms with Gasteiger partial charge >= 0.3 is 0 Å². The molecule has 2 aromatic carbocycles. The van der Waals surface area contributed by atoms with Gasteiger partial charge in [-0.25, -0.2) is 0 Å². The standard InChI is InChI=1S/C15H12N4O3/c16-9-11-4-6-12(7-5-11)18-15(20)10-17-13-2-1-3-14(8-13)19(21)22/h1-8,17H,10H2,(H,18,20). The van der Waals surface area contributed by atoms with E-state index in [9.17, 15) is 14.9 Å². The van der Waals surface area contributed by atoms with E-state index < -0.39 is 4.92 Å². The largest absolute Gasteiger partial charge is 0.376 e. The molecule has 0 fully saturated rings. The van der Waals surface area contributed by atoms with Crippen molar-refractivity contribution in [1.82, 2.24) is 0 Å². The monoisotopic (exact) mass is 296 g/mol. The van der Waals surface area contributed by atoms with Crippen molar-refractivity contribution in [3.63, 3.8) is 0 Å². The van der Waals surface area contributed by atoms with E-state index in [1.165, 1.54) is 12.1 Å². The molecule has 0 atom stereocenters. The molecule has 0 aromatic heterocycles. The van der Waals surface area contributed by atoms with Gasteiger partial charge in [0.15, 0.2) is 0 Å². The van der Waals surface area contributed by atoms with Crippen molar-refractivity contribution < 1.29 is 9.72 Å². The topological polar surface area (TPSA) is 108 Å². The molecule has 1 amide bonds. The van der Waals surface area contributed by atoms with E-state index in [0.717, 1.165) is 0 Å². The lowest BCUT2D eigenvalue weighted by Crippen LogP contribution is -2.21. The van der Waals surface area contributed by atoms with Gasteiger partial charge in [0.05, 0.1) is 23.1 Å². The van der Waals surface area contributed by atoms with Crippen LogP contribution >= 0.6 is 0 Å². The lowest BCUT2D eigenvalue weighted by Gasteiger charge is -2.07. The summed E-state index contributed by atoms with van der Waals surface area (Å²) in [5.41, 5.74) is 1.53.